The van der Waals surface area contributed by atoms with Crippen molar-refractivity contribution < 1.29 is 4.74 Å². The molecule has 1 heteroatoms. The quantitative estimate of drug-likeness (QED) is 0.522. The maximum atomic E-state index is 5.69. The van der Waals surface area contributed by atoms with Crippen LogP contribution in [0.3, 0.4) is 0 Å². The zero-order chi connectivity index (χ0) is 17.3. The van der Waals surface area contributed by atoms with Gasteiger partial charge in [-0.2, -0.15) is 0 Å². The summed E-state index contributed by atoms with van der Waals surface area (Å²) in [7, 11) is 0. The summed E-state index contributed by atoms with van der Waals surface area (Å²) in [6.45, 7) is 22.2. The van der Waals surface area contributed by atoms with Gasteiger partial charge >= 0.3 is 0 Å². The first-order chi connectivity index (χ1) is 10.2. The van der Waals surface area contributed by atoms with Gasteiger partial charge < -0.3 is 4.74 Å². The summed E-state index contributed by atoms with van der Waals surface area (Å²) in [5.74, 6) is 1.79. The maximum Gasteiger partial charge on any atom is 0.130 e. The van der Waals surface area contributed by atoms with E-state index in [-0.39, 0.29) is 0 Å². The van der Waals surface area contributed by atoms with Crippen LogP contribution in [0.5, 0.6) is 5.75 Å². The number of benzene rings is 1. The molecule has 1 rings (SSSR count). The summed E-state index contributed by atoms with van der Waals surface area (Å²) < 4.78 is 5.69. The van der Waals surface area contributed by atoms with Crippen LogP contribution >= 0.6 is 0 Å². The first kappa shape index (κ1) is 24.8. The Labute approximate surface area is 134 Å². The molecular weight excluding hydrogens is 256 g/mol. The highest BCUT2D eigenvalue weighted by atomic mass is 16.5. The highest BCUT2D eigenvalue weighted by Crippen LogP contribution is 2.23. The van der Waals surface area contributed by atoms with E-state index in [1.54, 1.807) is 0 Å². The van der Waals surface area contributed by atoms with E-state index in [0.29, 0.717) is 0 Å². The van der Waals surface area contributed by atoms with Crippen LogP contribution in [0.4, 0.5) is 0 Å². The standard InChI is InChI=1S/C14H20O.3C2H6/c1-5-11(4)15-14-9-8-12(6-2)10-13(14)7-3;3*1-2/h8-10H,4-7H2,1-3H3;3*1-2H3. The Morgan fingerprint density at radius 1 is 0.905 bits per heavy atom. The topological polar surface area (TPSA) is 9.23 Å². The van der Waals surface area contributed by atoms with Crippen molar-refractivity contribution in [3.63, 3.8) is 0 Å². The van der Waals surface area contributed by atoms with Gasteiger partial charge in [-0.25, -0.2) is 0 Å². The molecule has 0 bridgehead atoms. The SMILES string of the molecule is C=C(CC)Oc1ccc(CC)cc1CC.CC.CC.CC. The summed E-state index contributed by atoms with van der Waals surface area (Å²) in [6, 6.07) is 6.40. The van der Waals surface area contributed by atoms with Gasteiger partial charge in [0.05, 0.1) is 5.76 Å². The minimum Gasteiger partial charge on any atom is -0.462 e. The number of hydrogen-bond donors (Lipinski definition) is 0. The molecule has 124 valence electrons. The molecule has 1 aromatic rings. The number of aryl methyl sites for hydroxylation is 2. The highest BCUT2D eigenvalue weighted by Gasteiger charge is 2.04. The minimum absolute atomic E-state index is 0.828. The zero-order valence-corrected chi connectivity index (χ0v) is 16.0. The lowest BCUT2D eigenvalue weighted by Gasteiger charge is -2.12. The molecule has 21 heavy (non-hydrogen) atoms. The molecule has 0 fully saturated rings. The minimum atomic E-state index is 0.828. The number of hydrogen-bond acceptors (Lipinski definition) is 1. The zero-order valence-electron chi connectivity index (χ0n) is 16.0. The van der Waals surface area contributed by atoms with Gasteiger partial charge in [-0.15, -0.1) is 0 Å². The summed E-state index contributed by atoms with van der Waals surface area (Å²) >= 11 is 0. The Hall–Kier alpha value is -1.24. The van der Waals surface area contributed by atoms with E-state index in [9.17, 15) is 0 Å². The lowest BCUT2D eigenvalue weighted by molar-refractivity contribution is 0.408. The van der Waals surface area contributed by atoms with Crippen molar-refractivity contribution in [2.75, 3.05) is 0 Å². The van der Waals surface area contributed by atoms with Crippen LogP contribution in [-0.4, -0.2) is 0 Å². The second-order valence-corrected chi connectivity index (χ2v) is 3.64. The fourth-order valence-electron chi connectivity index (χ4n) is 1.46. The predicted octanol–water partition coefficient (Wildman–Crippen LogP) is 7.19. The molecule has 1 nitrogen and oxygen atoms in total. The Kier molecular flexibility index (Phi) is 22.1. The highest BCUT2D eigenvalue weighted by molar-refractivity contribution is 5.38. The molecule has 0 heterocycles. The molecule has 0 N–H and O–H groups in total. The second-order valence-electron chi connectivity index (χ2n) is 3.64. The Morgan fingerprint density at radius 2 is 1.43 bits per heavy atom. The molecule has 0 aliphatic heterocycles. The normalized spacial score (nSPS) is 8.05. The Balaban J connectivity index is -0.000000478. The monoisotopic (exact) mass is 294 g/mol. The van der Waals surface area contributed by atoms with Gasteiger partial charge in [0.1, 0.15) is 5.75 Å². The van der Waals surface area contributed by atoms with Crippen molar-refractivity contribution in [2.24, 2.45) is 0 Å². The molecule has 0 aliphatic carbocycles. The van der Waals surface area contributed by atoms with Gasteiger partial charge in [-0.05, 0) is 30.0 Å². The van der Waals surface area contributed by atoms with E-state index in [2.05, 4.69) is 38.6 Å². The molecule has 0 aromatic heterocycles. The van der Waals surface area contributed by atoms with Gasteiger partial charge in [-0.3, -0.25) is 0 Å². The van der Waals surface area contributed by atoms with Gasteiger partial charge in [0.2, 0.25) is 0 Å². The van der Waals surface area contributed by atoms with Crippen LogP contribution in [0.2, 0.25) is 0 Å². The smallest absolute Gasteiger partial charge is 0.130 e. The molecule has 0 unspecified atom stereocenters. The molecule has 0 aliphatic rings. The maximum absolute atomic E-state index is 5.69. The van der Waals surface area contributed by atoms with Crippen molar-refractivity contribution in [1.82, 2.24) is 0 Å². The van der Waals surface area contributed by atoms with Gasteiger partial charge in [0.15, 0.2) is 0 Å². The molecule has 1 aromatic carbocycles. The van der Waals surface area contributed by atoms with Crippen LogP contribution in [0.1, 0.15) is 79.9 Å². The molecule has 0 amide bonds. The van der Waals surface area contributed by atoms with E-state index < -0.39 is 0 Å². The molecule has 0 saturated carbocycles. The largest absolute Gasteiger partial charge is 0.462 e. The van der Waals surface area contributed by atoms with Crippen LogP contribution in [0.25, 0.3) is 0 Å². The van der Waals surface area contributed by atoms with Crippen molar-refractivity contribution in [2.45, 2.75) is 81.6 Å². The molecule has 0 radical (unpaired) electrons. The first-order valence-electron chi connectivity index (χ1n) is 8.68. The molecular formula is C20H38O. The van der Waals surface area contributed by atoms with Gasteiger partial charge in [-0.1, -0.05) is 81.0 Å². The van der Waals surface area contributed by atoms with E-state index in [1.807, 2.05) is 48.5 Å². The van der Waals surface area contributed by atoms with Crippen molar-refractivity contribution in [3.05, 3.63) is 41.7 Å². The van der Waals surface area contributed by atoms with E-state index in [0.717, 1.165) is 30.8 Å². The van der Waals surface area contributed by atoms with Crippen LogP contribution in [-0.2, 0) is 12.8 Å². The van der Waals surface area contributed by atoms with E-state index >= 15 is 0 Å². The predicted molar refractivity (Wildman–Crippen MR) is 99.3 cm³/mol. The average Bonchev–Trinajstić information content (AvgIpc) is 2.60. The Bertz CT molecular complexity index is 340. The molecule has 0 atom stereocenters. The second kappa shape index (κ2) is 18.8. The van der Waals surface area contributed by atoms with E-state index in [4.69, 9.17) is 4.74 Å². The third-order valence-electron chi connectivity index (χ3n) is 2.56. The lowest BCUT2D eigenvalue weighted by Crippen LogP contribution is -1.97. The summed E-state index contributed by atoms with van der Waals surface area (Å²) in [6.07, 6.45) is 2.93. The van der Waals surface area contributed by atoms with Crippen molar-refractivity contribution in [1.29, 1.82) is 0 Å². The lowest BCUT2D eigenvalue weighted by atomic mass is 10.1. The molecule has 0 saturated heterocycles. The first-order valence-corrected chi connectivity index (χ1v) is 8.68. The van der Waals surface area contributed by atoms with Crippen molar-refractivity contribution in [3.8, 4) is 5.75 Å². The summed E-state index contributed by atoms with van der Waals surface area (Å²) in [4.78, 5) is 0. The van der Waals surface area contributed by atoms with Crippen molar-refractivity contribution >= 4 is 0 Å². The summed E-state index contributed by atoms with van der Waals surface area (Å²) in [5, 5.41) is 0. The fraction of sp³-hybridized carbons (Fsp3) is 0.600. The van der Waals surface area contributed by atoms with Crippen LogP contribution in [0.15, 0.2) is 30.5 Å². The number of allylic oxidation sites excluding steroid dienone is 1. The third kappa shape index (κ3) is 11.1. The summed E-state index contributed by atoms with van der Waals surface area (Å²) in [5.41, 5.74) is 2.63. The van der Waals surface area contributed by atoms with Gasteiger partial charge in [0, 0.05) is 6.42 Å². The number of ether oxygens (including phenoxy) is 1. The number of rotatable bonds is 5. The third-order valence-corrected chi connectivity index (χ3v) is 2.56. The van der Waals surface area contributed by atoms with E-state index in [1.165, 1.54) is 11.1 Å². The van der Waals surface area contributed by atoms with Gasteiger partial charge in [0.25, 0.3) is 0 Å². The Morgan fingerprint density at radius 3 is 1.81 bits per heavy atom. The van der Waals surface area contributed by atoms with Crippen LogP contribution < -0.4 is 4.74 Å². The van der Waals surface area contributed by atoms with Crippen LogP contribution in [0, 0.1) is 0 Å². The average molecular weight is 295 g/mol. The fourth-order valence-corrected chi connectivity index (χ4v) is 1.46. The molecule has 0 spiro atoms.